The summed E-state index contributed by atoms with van der Waals surface area (Å²) in [5.74, 6) is -2.17. The zero-order valence-electron chi connectivity index (χ0n) is 14.7. The molecular formula is C18H20N2O6S. The Morgan fingerprint density at radius 1 is 1.19 bits per heavy atom. The predicted molar refractivity (Wildman–Crippen MR) is 95.7 cm³/mol. The van der Waals surface area contributed by atoms with Crippen LogP contribution in [0.1, 0.15) is 40.8 Å². The summed E-state index contributed by atoms with van der Waals surface area (Å²) in [4.78, 5) is 23.9. The highest BCUT2D eigenvalue weighted by Crippen LogP contribution is 2.26. The maximum absolute atomic E-state index is 12.7. The van der Waals surface area contributed by atoms with Crippen LogP contribution in [0.2, 0.25) is 0 Å². The summed E-state index contributed by atoms with van der Waals surface area (Å²) in [6, 6.07) is 8.09. The number of benzene rings is 1. The van der Waals surface area contributed by atoms with E-state index in [2.05, 4.69) is 5.32 Å². The standard InChI is InChI=1S/C18H20N2O6S/c1-12-15(27(24,25)20-9-5-6-10-20)11-14(26-12)17(21)19-16(18(22)23)13-7-3-2-4-8-13/h2-4,7-8,11,16H,5-6,9-10H2,1H3,(H,19,21)(H,22,23). The third-order valence-electron chi connectivity index (χ3n) is 4.43. The molecule has 1 aromatic carbocycles. The quantitative estimate of drug-likeness (QED) is 0.776. The molecule has 0 radical (unpaired) electrons. The minimum absolute atomic E-state index is 0.0684. The van der Waals surface area contributed by atoms with Gasteiger partial charge in [0.25, 0.3) is 5.91 Å². The third kappa shape index (κ3) is 3.88. The molecule has 1 saturated heterocycles. The smallest absolute Gasteiger partial charge is 0.330 e. The number of carboxylic acid groups (broad SMARTS) is 1. The maximum Gasteiger partial charge on any atom is 0.330 e. The normalized spacial score (nSPS) is 16.2. The van der Waals surface area contributed by atoms with Crippen LogP contribution >= 0.6 is 0 Å². The monoisotopic (exact) mass is 392 g/mol. The van der Waals surface area contributed by atoms with Crippen molar-refractivity contribution in [3.8, 4) is 0 Å². The fraction of sp³-hybridized carbons (Fsp3) is 0.333. The van der Waals surface area contributed by atoms with E-state index in [4.69, 9.17) is 4.42 Å². The number of rotatable bonds is 6. The second-order valence-electron chi connectivity index (χ2n) is 6.30. The van der Waals surface area contributed by atoms with Crippen molar-refractivity contribution in [2.75, 3.05) is 13.1 Å². The zero-order chi connectivity index (χ0) is 19.6. The van der Waals surface area contributed by atoms with Crippen LogP contribution < -0.4 is 5.32 Å². The SMILES string of the molecule is Cc1oc(C(=O)NC(C(=O)O)c2ccccc2)cc1S(=O)(=O)N1CCCC1. The van der Waals surface area contributed by atoms with Gasteiger partial charge in [0, 0.05) is 19.2 Å². The molecule has 9 heteroatoms. The Morgan fingerprint density at radius 2 is 1.81 bits per heavy atom. The Morgan fingerprint density at radius 3 is 2.41 bits per heavy atom. The van der Waals surface area contributed by atoms with Crippen molar-refractivity contribution < 1.29 is 27.5 Å². The van der Waals surface area contributed by atoms with Gasteiger partial charge in [-0.25, -0.2) is 13.2 Å². The summed E-state index contributed by atoms with van der Waals surface area (Å²) in [6.07, 6.45) is 1.58. The molecule has 1 fully saturated rings. The summed E-state index contributed by atoms with van der Waals surface area (Å²) < 4.78 is 32.1. The van der Waals surface area contributed by atoms with Gasteiger partial charge in [-0.2, -0.15) is 4.31 Å². The van der Waals surface area contributed by atoms with E-state index in [0.717, 1.165) is 18.9 Å². The van der Waals surface area contributed by atoms with Crippen LogP contribution in [0.3, 0.4) is 0 Å². The molecule has 0 saturated carbocycles. The molecule has 0 spiro atoms. The van der Waals surface area contributed by atoms with Crippen molar-refractivity contribution in [3.63, 3.8) is 0 Å². The fourth-order valence-electron chi connectivity index (χ4n) is 3.04. The molecule has 1 aliphatic heterocycles. The molecule has 1 aliphatic rings. The first-order valence-corrected chi connectivity index (χ1v) is 9.94. The Kier molecular flexibility index (Phi) is 5.33. The lowest BCUT2D eigenvalue weighted by atomic mass is 10.1. The van der Waals surface area contributed by atoms with Crippen molar-refractivity contribution in [1.29, 1.82) is 0 Å². The van der Waals surface area contributed by atoms with Crippen LogP contribution in [0, 0.1) is 6.92 Å². The number of hydrogen-bond acceptors (Lipinski definition) is 5. The number of carbonyl (C=O) groups is 2. The van der Waals surface area contributed by atoms with Gasteiger partial charge in [-0.3, -0.25) is 4.79 Å². The molecule has 1 unspecified atom stereocenters. The summed E-state index contributed by atoms with van der Waals surface area (Å²) in [7, 11) is -3.74. The van der Waals surface area contributed by atoms with Gasteiger partial charge in [0.2, 0.25) is 10.0 Å². The highest BCUT2D eigenvalue weighted by Gasteiger charge is 2.32. The van der Waals surface area contributed by atoms with E-state index in [1.807, 2.05) is 0 Å². The van der Waals surface area contributed by atoms with E-state index in [1.165, 1.54) is 11.2 Å². The Labute approximate surface area is 156 Å². The number of hydrogen-bond donors (Lipinski definition) is 2. The molecule has 0 bridgehead atoms. The lowest BCUT2D eigenvalue weighted by Crippen LogP contribution is -2.33. The Balaban J connectivity index is 1.84. The average molecular weight is 392 g/mol. The van der Waals surface area contributed by atoms with E-state index in [-0.39, 0.29) is 16.4 Å². The number of nitrogens with one attached hydrogen (secondary N) is 1. The van der Waals surface area contributed by atoms with Crippen LogP contribution in [0.4, 0.5) is 0 Å². The second kappa shape index (κ2) is 7.53. The van der Waals surface area contributed by atoms with E-state index in [1.54, 1.807) is 30.3 Å². The maximum atomic E-state index is 12.7. The lowest BCUT2D eigenvalue weighted by molar-refractivity contribution is -0.139. The fourth-order valence-corrected chi connectivity index (χ4v) is 4.71. The first kappa shape index (κ1) is 19.1. The van der Waals surface area contributed by atoms with Crippen LogP contribution in [0.15, 0.2) is 45.7 Å². The van der Waals surface area contributed by atoms with Crippen molar-refractivity contribution in [1.82, 2.24) is 9.62 Å². The molecule has 1 aromatic heterocycles. The first-order valence-electron chi connectivity index (χ1n) is 8.50. The zero-order valence-corrected chi connectivity index (χ0v) is 15.5. The Bertz CT molecular complexity index is 945. The minimum Gasteiger partial charge on any atom is -0.479 e. The van der Waals surface area contributed by atoms with Gasteiger partial charge in [0.05, 0.1) is 0 Å². The van der Waals surface area contributed by atoms with Crippen LogP contribution in [-0.2, 0) is 14.8 Å². The highest BCUT2D eigenvalue weighted by molar-refractivity contribution is 7.89. The minimum atomic E-state index is -3.74. The van der Waals surface area contributed by atoms with Gasteiger partial charge in [-0.1, -0.05) is 30.3 Å². The lowest BCUT2D eigenvalue weighted by Gasteiger charge is -2.14. The van der Waals surface area contributed by atoms with Crippen LogP contribution in [-0.4, -0.2) is 42.8 Å². The molecule has 1 amide bonds. The first-order chi connectivity index (χ1) is 12.8. The number of carboxylic acids is 1. The van der Waals surface area contributed by atoms with E-state index in [0.29, 0.717) is 18.7 Å². The summed E-state index contributed by atoms with van der Waals surface area (Å²) in [5.41, 5.74) is 0.395. The molecular weight excluding hydrogens is 372 g/mol. The molecule has 0 aliphatic carbocycles. The van der Waals surface area contributed by atoms with Crippen LogP contribution in [0.5, 0.6) is 0 Å². The van der Waals surface area contributed by atoms with Gasteiger partial charge < -0.3 is 14.8 Å². The van der Waals surface area contributed by atoms with Crippen molar-refractivity contribution in [2.24, 2.45) is 0 Å². The molecule has 1 atom stereocenters. The average Bonchev–Trinajstić information content (AvgIpc) is 3.30. The molecule has 27 heavy (non-hydrogen) atoms. The van der Waals surface area contributed by atoms with Crippen LogP contribution in [0.25, 0.3) is 0 Å². The summed E-state index contributed by atoms with van der Waals surface area (Å²) in [5, 5.41) is 11.8. The number of amides is 1. The number of carbonyl (C=O) groups excluding carboxylic acids is 1. The van der Waals surface area contributed by atoms with Crippen molar-refractivity contribution >= 4 is 21.9 Å². The largest absolute Gasteiger partial charge is 0.479 e. The number of furan rings is 1. The van der Waals surface area contributed by atoms with E-state index >= 15 is 0 Å². The number of aryl methyl sites for hydroxylation is 1. The van der Waals surface area contributed by atoms with Crippen molar-refractivity contribution in [3.05, 3.63) is 53.5 Å². The second-order valence-corrected chi connectivity index (χ2v) is 8.20. The number of sulfonamides is 1. The molecule has 3 rings (SSSR count). The molecule has 144 valence electrons. The van der Waals surface area contributed by atoms with Gasteiger partial charge in [0.1, 0.15) is 10.7 Å². The number of nitrogens with zero attached hydrogens (tertiary/aromatic N) is 1. The predicted octanol–water partition coefficient (Wildman–Crippen LogP) is 1.93. The Hall–Kier alpha value is -2.65. The molecule has 2 N–H and O–H groups in total. The summed E-state index contributed by atoms with van der Waals surface area (Å²) >= 11 is 0. The molecule has 8 nitrogen and oxygen atoms in total. The summed E-state index contributed by atoms with van der Waals surface area (Å²) in [6.45, 7) is 2.33. The molecule has 2 heterocycles. The van der Waals surface area contributed by atoms with Gasteiger partial charge >= 0.3 is 5.97 Å². The van der Waals surface area contributed by atoms with Gasteiger partial charge in [-0.15, -0.1) is 0 Å². The highest BCUT2D eigenvalue weighted by atomic mass is 32.2. The van der Waals surface area contributed by atoms with Gasteiger partial charge in [0.15, 0.2) is 11.8 Å². The van der Waals surface area contributed by atoms with Crippen molar-refractivity contribution in [2.45, 2.75) is 30.7 Å². The van der Waals surface area contributed by atoms with E-state index < -0.39 is 27.9 Å². The van der Waals surface area contributed by atoms with E-state index in [9.17, 15) is 23.1 Å². The third-order valence-corrected chi connectivity index (χ3v) is 6.44. The topological polar surface area (TPSA) is 117 Å². The van der Waals surface area contributed by atoms with Gasteiger partial charge in [-0.05, 0) is 25.3 Å². The number of aliphatic carboxylic acids is 1. The molecule has 2 aromatic rings.